The molecule has 3 aromatic carbocycles. The predicted molar refractivity (Wildman–Crippen MR) is 170 cm³/mol. The highest BCUT2D eigenvalue weighted by Gasteiger charge is 2.34. The number of anilines is 1. The molecule has 6 rings (SSSR count). The summed E-state index contributed by atoms with van der Waals surface area (Å²) >= 11 is 0. The number of benzene rings is 3. The quantitative estimate of drug-likeness (QED) is 0.237. The van der Waals surface area contributed by atoms with Gasteiger partial charge in [-0.2, -0.15) is 0 Å². The van der Waals surface area contributed by atoms with Crippen LogP contribution in [-0.4, -0.2) is 47.1 Å². The van der Waals surface area contributed by atoms with E-state index in [9.17, 15) is 14.4 Å². The summed E-state index contributed by atoms with van der Waals surface area (Å²) in [7, 11) is 0. The number of amides is 2. The first-order valence-electron chi connectivity index (χ1n) is 15.0. The highest BCUT2D eigenvalue weighted by atomic mass is 19.1. The monoisotopic (exact) mass is 616 g/mol. The molecule has 1 fully saturated rings. The largest absolute Gasteiger partial charge is 0.451 e. The van der Waals surface area contributed by atoms with Gasteiger partial charge in [0.15, 0.2) is 22.7 Å². The van der Waals surface area contributed by atoms with Crippen molar-refractivity contribution < 1.29 is 28.2 Å². The van der Waals surface area contributed by atoms with Crippen LogP contribution in [0, 0.1) is 5.82 Å². The maximum Gasteiger partial charge on any atom is 0.407 e. The van der Waals surface area contributed by atoms with Crippen LogP contribution in [-0.2, 0) is 16.0 Å². The second-order valence-electron chi connectivity index (χ2n) is 13.5. The Morgan fingerprint density at radius 2 is 1.67 bits per heavy atom. The summed E-state index contributed by atoms with van der Waals surface area (Å²) in [6.07, 6.45) is 1.04. The van der Waals surface area contributed by atoms with Gasteiger partial charge in [-0.3, -0.25) is 4.79 Å². The number of carbonyl (C=O) groups excluding carboxylic acids is 2. The Labute approximate surface area is 260 Å². The zero-order valence-corrected chi connectivity index (χ0v) is 26.2. The molecule has 0 bridgehead atoms. The van der Waals surface area contributed by atoms with Gasteiger partial charge in [0.1, 0.15) is 22.4 Å². The molecule has 1 unspecified atom stereocenters. The average Bonchev–Trinajstić information content (AvgIpc) is 3.38. The van der Waals surface area contributed by atoms with Gasteiger partial charge in [-0.25, -0.2) is 14.0 Å². The molecule has 4 aromatic rings. The topological polar surface area (TPSA) is 111 Å². The summed E-state index contributed by atoms with van der Waals surface area (Å²) in [5, 5.41) is 7.55. The molecule has 2 N–H and O–H groups in total. The van der Waals surface area contributed by atoms with Crippen LogP contribution in [0.2, 0.25) is 0 Å². The lowest BCUT2D eigenvalue weighted by Gasteiger charge is -2.29. The Bertz CT molecular complexity index is 1910. The van der Waals surface area contributed by atoms with Crippen molar-refractivity contribution in [3.63, 3.8) is 0 Å². The fourth-order valence-corrected chi connectivity index (χ4v) is 5.80. The van der Waals surface area contributed by atoms with Crippen molar-refractivity contribution in [2.75, 3.05) is 18.0 Å². The summed E-state index contributed by atoms with van der Waals surface area (Å²) in [4.78, 5) is 40.4. The molecule has 0 spiro atoms. The fourth-order valence-electron chi connectivity index (χ4n) is 5.80. The lowest BCUT2D eigenvalue weighted by atomic mass is 10.0. The van der Waals surface area contributed by atoms with Gasteiger partial charge < -0.3 is 34.3 Å². The molecule has 45 heavy (non-hydrogen) atoms. The number of nitrogens with zero attached hydrogens (tertiary/aromatic N) is 2. The molecule has 0 radical (unpaired) electrons. The van der Waals surface area contributed by atoms with Crippen molar-refractivity contribution in [1.82, 2.24) is 15.2 Å². The third-order valence-corrected chi connectivity index (χ3v) is 7.59. The van der Waals surface area contributed by atoms with E-state index in [0.29, 0.717) is 36.5 Å². The van der Waals surface area contributed by atoms with Crippen molar-refractivity contribution in [2.24, 2.45) is 0 Å². The number of halogens is 1. The molecule has 1 atom stereocenters. The van der Waals surface area contributed by atoms with Gasteiger partial charge in [-0.15, -0.1) is 0 Å². The first-order valence-corrected chi connectivity index (χ1v) is 15.0. The maximum atomic E-state index is 16.2. The Kier molecular flexibility index (Phi) is 7.37. The van der Waals surface area contributed by atoms with Gasteiger partial charge in [0, 0.05) is 24.8 Å². The molecule has 2 amide bonds. The van der Waals surface area contributed by atoms with Crippen LogP contribution in [0.1, 0.15) is 53.5 Å². The van der Waals surface area contributed by atoms with E-state index in [0.717, 1.165) is 10.8 Å². The van der Waals surface area contributed by atoms with Gasteiger partial charge in [-0.1, -0.05) is 24.3 Å². The molecule has 0 aliphatic carbocycles. The zero-order chi connectivity index (χ0) is 32.3. The van der Waals surface area contributed by atoms with E-state index >= 15 is 4.39 Å². The van der Waals surface area contributed by atoms with Gasteiger partial charge in [0.05, 0.1) is 23.7 Å². The van der Waals surface area contributed by atoms with Gasteiger partial charge >= 0.3 is 12.2 Å². The minimum Gasteiger partial charge on any atom is -0.451 e. The molecule has 11 heteroatoms. The number of hydrogen-bond donors (Lipinski definition) is 2. The lowest BCUT2D eigenvalue weighted by molar-refractivity contribution is 0.0502. The van der Waals surface area contributed by atoms with Crippen LogP contribution in [0.3, 0.4) is 0 Å². The van der Waals surface area contributed by atoms with Crippen molar-refractivity contribution >= 4 is 39.5 Å². The van der Waals surface area contributed by atoms with Crippen LogP contribution < -0.4 is 25.7 Å². The van der Waals surface area contributed by atoms with Crippen LogP contribution in [0.5, 0.6) is 11.5 Å². The van der Waals surface area contributed by atoms with E-state index in [-0.39, 0.29) is 35.0 Å². The summed E-state index contributed by atoms with van der Waals surface area (Å²) < 4.78 is 35.2. The number of alkyl carbamates (subject to hydrolysis) is 2. The van der Waals surface area contributed by atoms with Crippen LogP contribution in [0.4, 0.5) is 19.7 Å². The molecule has 236 valence electrons. The molecule has 1 aromatic heterocycles. The molecule has 1 saturated heterocycles. The molecule has 0 saturated carbocycles. The van der Waals surface area contributed by atoms with Crippen molar-refractivity contribution in [3.05, 3.63) is 70.3 Å². The van der Waals surface area contributed by atoms with E-state index in [4.69, 9.17) is 14.2 Å². The first-order chi connectivity index (χ1) is 21.2. The second kappa shape index (κ2) is 11.0. The summed E-state index contributed by atoms with van der Waals surface area (Å²) in [5.74, 6) is 0.0849. The standard InChI is InChI=1S/C34H37FN4O6/c1-33(2,3)44-31(41)36-16-21-17-39-25-13-19-9-7-8-10-20(19)14-26(25)43-30-27(39)23(29(21)40)15-24(35)28(30)38-12-11-22(18-38)37-32(42)45-34(4,5)6/h7-10,13-15,17,22H,11-12,16,18H2,1-6H3,(H,36,41)(H,37,42). The van der Waals surface area contributed by atoms with E-state index in [1.165, 1.54) is 6.07 Å². The Morgan fingerprint density at radius 3 is 2.36 bits per heavy atom. The van der Waals surface area contributed by atoms with Crippen molar-refractivity contribution in [3.8, 4) is 17.2 Å². The number of hydrogen-bond acceptors (Lipinski definition) is 7. The third kappa shape index (κ3) is 6.11. The Morgan fingerprint density at radius 1 is 1.00 bits per heavy atom. The highest BCUT2D eigenvalue weighted by Crippen LogP contribution is 2.48. The van der Waals surface area contributed by atoms with E-state index in [1.807, 2.05) is 45.9 Å². The normalized spacial score (nSPS) is 15.9. The van der Waals surface area contributed by atoms with Crippen molar-refractivity contribution in [2.45, 2.75) is 71.8 Å². The van der Waals surface area contributed by atoms with Gasteiger partial charge in [0.2, 0.25) is 0 Å². The lowest BCUT2D eigenvalue weighted by Crippen LogP contribution is -2.40. The number of ether oxygens (including phenoxy) is 3. The second-order valence-corrected chi connectivity index (χ2v) is 13.5. The average molecular weight is 617 g/mol. The number of nitrogens with one attached hydrogen (secondary N) is 2. The number of aromatic nitrogens is 1. The van der Waals surface area contributed by atoms with Crippen LogP contribution in [0.25, 0.3) is 27.4 Å². The SMILES string of the molecule is CC(C)(C)OC(=O)NCc1cn2c3c(c(N4CCC(NC(=O)OC(C)(C)C)C4)c(F)cc3c1=O)Oc1cc3ccccc3cc1-2. The first kappa shape index (κ1) is 30.2. The Balaban J connectivity index is 1.44. The highest BCUT2D eigenvalue weighted by molar-refractivity contribution is 5.97. The Hall–Kier alpha value is -4.80. The fraction of sp³-hybridized carbons (Fsp3) is 0.382. The van der Waals surface area contributed by atoms with E-state index < -0.39 is 34.6 Å². The minimum atomic E-state index is -0.711. The number of rotatable bonds is 4. The molecule has 2 aliphatic rings. The maximum absolute atomic E-state index is 16.2. The predicted octanol–water partition coefficient (Wildman–Crippen LogP) is 6.52. The summed E-state index contributed by atoms with van der Waals surface area (Å²) in [6.45, 7) is 11.3. The minimum absolute atomic E-state index is 0.115. The van der Waals surface area contributed by atoms with Crippen LogP contribution >= 0.6 is 0 Å². The van der Waals surface area contributed by atoms with Gasteiger partial charge in [-0.05, 0) is 76.9 Å². The molecular weight excluding hydrogens is 579 g/mol. The number of pyridine rings is 1. The van der Waals surface area contributed by atoms with Crippen molar-refractivity contribution in [1.29, 1.82) is 0 Å². The molecule has 10 nitrogen and oxygen atoms in total. The number of fused-ring (bicyclic) bond motifs is 3. The van der Waals surface area contributed by atoms with Gasteiger partial charge in [0.25, 0.3) is 0 Å². The smallest absolute Gasteiger partial charge is 0.407 e. The number of carbonyl (C=O) groups is 2. The third-order valence-electron chi connectivity index (χ3n) is 7.59. The summed E-state index contributed by atoms with van der Waals surface area (Å²) in [5.41, 5.74) is -0.220. The van der Waals surface area contributed by atoms with E-state index in [2.05, 4.69) is 10.6 Å². The molecule has 3 heterocycles. The van der Waals surface area contributed by atoms with Crippen LogP contribution in [0.15, 0.2) is 53.5 Å². The van der Waals surface area contributed by atoms with E-state index in [1.54, 1.807) is 47.7 Å². The molecule has 2 aliphatic heterocycles. The molecular formula is C34H37FN4O6. The zero-order valence-electron chi connectivity index (χ0n) is 26.2. The summed E-state index contributed by atoms with van der Waals surface area (Å²) in [6, 6.07) is 12.6.